The third kappa shape index (κ3) is 6.81. The molecule has 0 heterocycles. The number of hydrogen-bond donors (Lipinski definition) is 2. The SMILES string of the molecule is CCC(C)(C)Nc1cc(F)c(N=Nc2c(F)cc(NC(=O)c3ccc(C(=O)C(C)C)cc3)cc2F)c(F)c1. The third-order valence-electron chi connectivity index (χ3n) is 5.86. The van der Waals surface area contributed by atoms with E-state index in [4.69, 9.17) is 0 Å². The Labute approximate surface area is 218 Å². The molecule has 38 heavy (non-hydrogen) atoms. The average Bonchev–Trinajstić information content (AvgIpc) is 2.84. The molecule has 200 valence electrons. The number of carbonyl (C=O) groups is 2. The van der Waals surface area contributed by atoms with Crippen LogP contribution in [0.3, 0.4) is 0 Å². The molecule has 0 aliphatic carbocycles. The van der Waals surface area contributed by atoms with Gasteiger partial charge in [0.2, 0.25) is 0 Å². The van der Waals surface area contributed by atoms with Gasteiger partial charge in [0, 0.05) is 34.0 Å². The van der Waals surface area contributed by atoms with Crippen molar-refractivity contribution in [1.82, 2.24) is 0 Å². The van der Waals surface area contributed by atoms with Gasteiger partial charge < -0.3 is 10.6 Å². The summed E-state index contributed by atoms with van der Waals surface area (Å²) in [4.78, 5) is 24.5. The van der Waals surface area contributed by atoms with Gasteiger partial charge in [0.1, 0.15) is 0 Å². The van der Waals surface area contributed by atoms with Gasteiger partial charge in [-0.3, -0.25) is 9.59 Å². The zero-order valence-corrected chi connectivity index (χ0v) is 21.6. The van der Waals surface area contributed by atoms with Crippen molar-refractivity contribution < 1.29 is 27.2 Å². The minimum Gasteiger partial charge on any atom is -0.380 e. The smallest absolute Gasteiger partial charge is 0.255 e. The summed E-state index contributed by atoms with van der Waals surface area (Å²) in [5.74, 6) is -5.48. The van der Waals surface area contributed by atoms with Crippen molar-refractivity contribution in [3.63, 3.8) is 0 Å². The predicted octanol–water partition coefficient (Wildman–Crippen LogP) is 8.35. The Hall–Kier alpha value is -4.08. The number of benzene rings is 3. The van der Waals surface area contributed by atoms with Crippen molar-refractivity contribution in [3.05, 3.63) is 82.9 Å². The average molecular weight is 529 g/mol. The zero-order chi connectivity index (χ0) is 28.2. The van der Waals surface area contributed by atoms with E-state index >= 15 is 0 Å². The Kier molecular flexibility index (Phi) is 8.65. The molecule has 0 aliphatic rings. The monoisotopic (exact) mass is 528 g/mol. The maximum absolute atomic E-state index is 14.6. The number of carbonyl (C=O) groups excluding carboxylic acids is 2. The highest BCUT2D eigenvalue weighted by Crippen LogP contribution is 2.32. The van der Waals surface area contributed by atoms with Crippen LogP contribution in [-0.4, -0.2) is 17.2 Å². The van der Waals surface area contributed by atoms with Crippen LogP contribution in [0.5, 0.6) is 0 Å². The number of hydrogen-bond acceptors (Lipinski definition) is 5. The van der Waals surface area contributed by atoms with Crippen LogP contribution in [0.4, 0.5) is 40.3 Å². The van der Waals surface area contributed by atoms with E-state index in [2.05, 4.69) is 20.9 Å². The number of nitrogens with zero attached hydrogens (tertiary/aromatic N) is 2. The topological polar surface area (TPSA) is 82.9 Å². The molecule has 3 aromatic rings. The first-order valence-electron chi connectivity index (χ1n) is 11.9. The zero-order valence-electron chi connectivity index (χ0n) is 21.6. The van der Waals surface area contributed by atoms with Crippen molar-refractivity contribution in [2.45, 2.75) is 46.6 Å². The Balaban J connectivity index is 1.77. The van der Waals surface area contributed by atoms with E-state index in [0.29, 0.717) is 12.0 Å². The summed E-state index contributed by atoms with van der Waals surface area (Å²) in [6.45, 7) is 9.14. The third-order valence-corrected chi connectivity index (χ3v) is 5.86. The lowest BCUT2D eigenvalue weighted by Gasteiger charge is -2.26. The van der Waals surface area contributed by atoms with Crippen LogP contribution in [0.15, 0.2) is 58.8 Å². The Bertz CT molecular complexity index is 1340. The van der Waals surface area contributed by atoms with Crippen LogP contribution in [0.2, 0.25) is 0 Å². The van der Waals surface area contributed by atoms with Crippen LogP contribution in [0.25, 0.3) is 0 Å². The predicted molar refractivity (Wildman–Crippen MR) is 138 cm³/mol. The highest BCUT2D eigenvalue weighted by Gasteiger charge is 2.19. The number of nitrogens with one attached hydrogen (secondary N) is 2. The highest BCUT2D eigenvalue weighted by molar-refractivity contribution is 6.05. The summed E-state index contributed by atoms with van der Waals surface area (Å²) in [7, 11) is 0. The van der Waals surface area contributed by atoms with Crippen LogP contribution >= 0.6 is 0 Å². The normalized spacial score (nSPS) is 11.7. The maximum Gasteiger partial charge on any atom is 0.255 e. The van der Waals surface area contributed by atoms with Crippen molar-refractivity contribution in [2.75, 3.05) is 10.6 Å². The first-order chi connectivity index (χ1) is 17.8. The van der Waals surface area contributed by atoms with Crippen LogP contribution in [-0.2, 0) is 0 Å². The quantitative estimate of drug-likeness (QED) is 0.166. The molecular formula is C28H28F4N4O2. The lowest BCUT2D eigenvalue weighted by atomic mass is 10.00. The Morgan fingerprint density at radius 2 is 1.21 bits per heavy atom. The summed E-state index contributed by atoms with van der Waals surface area (Å²) < 4.78 is 58.2. The van der Waals surface area contributed by atoms with E-state index in [9.17, 15) is 27.2 Å². The van der Waals surface area contributed by atoms with Gasteiger partial charge in [-0.25, -0.2) is 17.6 Å². The second-order valence-electron chi connectivity index (χ2n) is 9.69. The summed E-state index contributed by atoms with van der Waals surface area (Å²) in [5.41, 5.74) is -1.52. The lowest BCUT2D eigenvalue weighted by Crippen LogP contribution is -2.29. The number of halogens is 4. The van der Waals surface area contributed by atoms with Crippen LogP contribution in [0.1, 0.15) is 61.8 Å². The molecule has 0 radical (unpaired) electrons. The van der Waals surface area contributed by atoms with E-state index in [1.807, 2.05) is 20.8 Å². The fourth-order valence-electron chi connectivity index (χ4n) is 3.37. The van der Waals surface area contributed by atoms with Gasteiger partial charge in [-0.1, -0.05) is 32.9 Å². The van der Waals surface area contributed by atoms with Gasteiger partial charge in [0.05, 0.1) is 0 Å². The number of amides is 1. The molecule has 0 unspecified atom stereocenters. The van der Waals surface area contributed by atoms with Crippen LogP contribution in [0, 0.1) is 29.2 Å². The minimum absolute atomic E-state index is 0.0846. The summed E-state index contributed by atoms with van der Waals surface area (Å²) in [6.07, 6.45) is 0.693. The molecule has 0 fully saturated rings. The standard InChI is InChI=1S/C28H28F4N4O2/c1-6-28(4,5)34-19-13-22(31)25(23(32)14-19)36-35-24-20(29)11-18(12-21(24)30)33-27(38)17-9-7-16(8-10-17)26(37)15(2)3/h7-15,34H,6H2,1-5H3,(H,33,38). The van der Waals surface area contributed by atoms with Crippen LogP contribution < -0.4 is 10.6 Å². The molecule has 3 rings (SSSR count). The number of ketones is 1. The molecule has 2 N–H and O–H groups in total. The largest absolute Gasteiger partial charge is 0.380 e. The first kappa shape index (κ1) is 28.5. The second-order valence-corrected chi connectivity index (χ2v) is 9.69. The molecule has 0 aromatic heterocycles. The fourth-order valence-corrected chi connectivity index (χ4v) is 3.37. The summed E-state index contributed by atoms with van der Waals surface area (Å²) in [5, 5.41) is 12.1. The number of Topliss-reactive ketones (excluding diaryl/α,β-unsaturated/α-hetero) is 1. The first-order valence-corrected chi connectivity index (χ1v) is 11.9. The number of anilines is 2. The Morgan fingerprint density at radius 3 is 1.63 bits per heavy atom. The molecule has 10 heteroatoms. The second kappa shape index (κ2) is 11.5. The molecule has 3 aromatic carbocycles. The van der Waals surface area contributed by atoms with Crippen molar-refractivity contribution >= 4 is 34.4 Å². The molecule has 0 saturated carbocycles. The van der Waals surface area contributed by atoms with Crippen molar-refractivity contribution in [3.8, 4) is 0 Å². The molecule has 6 nitrogen and oxygen atoms in total. The summed E-state index contributed by atoms with van der Waals surface area (Å²) in [6, 6.07) is 9.48. The van der Waals surface area contributed by atoms with Crippen molar-refractivity contribution in [1.29, 1.82) is 0 Å². The fraction of sp³-hybridized carbons (Fsp3) is 0.286. The highest BCUT2D eigenvalue weighted by atomic mass is 19.1. The van der Waals surface area contributed by atoms with Gasteiger partial charge >= 0.3 is 0 Å². The van der Waals surface area contributed by atoms with Gasteiger partial charge in [-0.15, -0.1) is 10.2 Å². The maximum atomic E-state index is 14.6. The van der Waals surface area contributed by atoms with E-state index in [-0.39, 0.29) is 28.6 Å². The molecular weight excluding hydrogens is 500 g/mol. The minimum atomic E-state index is -1.20. The van der Waals surface area contributed by atoms with Gasteiger partial charge in [0.25, 0.3) is 5.91 Å². The number of rotatable bonds is 9. The van der Waals surface area contributed by atoms with Gasteiger partial charge in [-0.05, 0) is 56.7 Å². The lowest BCUT2D eigenvalue weighted by molar-refractivity contribution is 0.0938. The molecule has 0 spiro atoms. The molecule has 1 amide bonds. The van der Waals surface area contributed by atoms with E-state index in [1.54, 1.807) is 13.8 Å². The van der Waals surface area contributed by atoms with E-state index in [1.165, 1.54) is 24.3 Å². The van der Waals surface area contributed by atoms with Crippen molar-refractivity contribution in [2.24, 2.45) is 16.1 Å². The van der Waals surface area contributed by atoms with E-state index < -0.39 is 46.1 Å². The molecule has 0 saturated heterocycles. The Morgan fingerprint density at radius 1 is 0.789 bits per heavy atom. The molecule has 0 aliphatic heterocycles. The summed E-state index contributed by atoms with van der Waals surface area (Å²) >= 11 is 0. The van der Waals surface area contributed by atoms with Gasteiger partial charge in [-0.2, -0.15) is 0 Å². The van der Waals surface area contributed by atoms with E-state index in [0.717, 1.165) is 24.3 Å². The van der Waals surface area contributed by atoms with Gasteiger partial charge in [0.15, 0.2) is 40.4 Å². The number of azo groups is 1. The molecule has 0 bridgehead atoms. The molecule has 0 atom stereocenters.